The average molecular weight is 207 g/mol. The third-order valence-corrected chi connectivity index (χ3v) is 2.18. The summed E-state index contributed by atoms with van der Waals surface area (Å²) in [4.78, 5) is 0. The van der Waals surface area contributed by atoms with Crippen molar-refractivity contribution in [3.8, 4) is 23.3 Å². The van der Waals surface area contributed by atoms with Gasteiger partial charge in [-0.15, -0.1) is 0 Å². The first-order valence-corrected chi connectivity index (χ1v) is 4.48. The van der Waals surface area contributed by atoms with E-state index < -0.39 is 5.92 Å². The van der Waals surface area contributed by atoms with Crippen LogP contribution in [0.25, 0.3) is 0 Å². The fourth-order valence-electron chi connectivity index (χ4n) is 1.37. The van der Waals surface area contributed by atoms with E-state index >= 15 is 0 Å². The summed E-state index contributed by atoms with van der Waals surface area (Å²) in [6, 6.07) is 5.16. The molecule has 0 aliphatic carbocycles. The number of benzene rings is 1. The molecule has 0 aromatic heterocycles. The van der Waals surface area contributed by atoms with Crippen molar-refractivity contribution >= 4 is 0 Å². The quantitative estimate of drug-likeness (QED) is 0.823. The number of hydrogen-bond acceptors (Lipinski definition) is 4. The van der Waals surface area contributed by atoms with Gasteiger partial charge in [0, 0.05) is 12.1 Å². The lowest BCUT2D eigenvalue weighted by atomic mass is 10.00. The van der Waals surface area contributed by atoms with E-state index in [0.717, 1.165) is 0 Å². The normalized spacial score (nSPS) is 11.6. The lowest BCUT2D eigenvalue weighted by Crippen LogP contribution is -1.97. The summed E-state index contributed by atoms with van der Waals surface area (Å²) in [5.74, 6) is 0.547. The van der Waals surface area contributed by atoms with E-state index in [1.165, 1.54) is 20.3 Å². The summed E-state index contributed by atoms with van der Waals surface area (Å²) >= 11 is 0. The fourth-order valence-corrected chi connectivity index (χ4v) is 1.37. The zero-order chi connectivity index (χ0) is 11.4. The number of ether oxygens (including phenoxy) is 2. The molecule has 1 N–H and O–H groups in total. The summed E-state index contributed by atoms with van der Waals surface area (Å²) in [7, 11) is 2.99. The highest BCUT2D eigenvalue weighted by molar-refractivity contribution is 5.53. The van der Waals surface area contributed by atoms with Gasteiger partial charge in [0.25, 0.3) is 0 Å². The van der Waals surface area contributed by atoms with Crippen LogP contribution in [0.4, 0.5) is 0 Å². The first-order valence-electron chi connectivity index (χ1n) is 4.48. The largest absolute Gasteiger partial charge is 0.507 e. The third kappa shape index (κ3) is 2.13. The summed E-state index contributed by atoms with van der Waals surface area (Å²) in [5, 5.41) is 18.5. The SMILES string of the molecule is COc1cc(O)c(C(C)C#N)c(OC)c1. The van der Waals surface area contributed by atoms with Crippen LogP contribution in [0.3, 0.4) is 0 Å². The minimum atomic E-state index is -0.425. The van der Waals surface area contributed by atoms with Crippen molar-refractivity contribution in [1.29, 1.82) is 5.26 Å². The molecule has 1 aromatic rings. The molecular weight excluding hydrogens is 194 g/mol. The van der Waals surface area contributed by atoms with Crippen molar-refractivity contribution in [3.63, 3.8) is 0 Å². The molecule has 0 saturated carbocycles. The van der Waals surface area contributed by atoms with Gasteiger partial charge in [-0.3, -0.25) is 0 Å². The lowest BCUT2D eigenvalue weighted by molar-refractivity contribution is 0.378. The number of phenolic OH excluding ortho intramolecular Hbond substituents is 1. The Bertz CT molecular complexity index is 396. The minimum absolute atomic E-state index is 0.0141. The topological polar surface area (TPSA) is 62.5 Å². The summed E-state index contributed by atoms with van der Waals surface area (Å²) in [6.45, 7) is 1.70. The maximum atomic E-state index is 9.72. The Morgan fingerprint density at radius 2 is 2.00 bits per heavy atom. The van der Waals surface area contributed by atoms with Crippen LogP contribution in [0.2, 0.25) is 0 Å². The van der Waals surface area contributed by atoms with E-state index in [1.54, 1.807) is 13.0 Å². The average Bonchev–Trinajstić information content (AvgIpc) is 2.26. The molecule has 4 heteroatoms. The van der Waals surface area contributed by atoms with Crippen LogP contribution in [-0.4, -0.2) is 19.3 Å². The van der Waals surface area contributed by atoms with Gasteiger partial charge in [-0.2, -0.15) is 5.26 Å². The first-order chi connectivity index (χ1) is 7.13. The number of nitrogens with zero attached hydrogens (tertiary/aromatic N) is 1. The number of hydrogen-bond donors (Lipinski definition) is 1. The van der Waals surface area contributed by atoms with Crippen molar-refractivity contribution in [2.75, 3.05) is 14.2 Å². The van der Waals surface area contributed by atoms with E-state index in [4.69, 9.17) is 14.7 Å². The zero-order valence-corrected chi connectivity index (χ0v) is 8.94. The molecule has 0 aliphatic heterocycles. The highest BCUT2D eigenvalue weighted by Crippen LogP contribution is 2.37. The number of nitriles is 1. The molecule has 0 amide bonds. The number of aromatic hydroxyl groups is 1. The molecule has 1 atom stereocenters. The predicted octanol–water partition coefficient (Wildman–Crippen LogP) is 2.04. The molecule has 80 valence electrons. The second-order valence-corrected chi connectivity index (χ2v) is 3.11. The Labute approximate surface area is 88.7 Å². The number of phenols is 1. The van der Waals surface area contributed by atoms with Crippen LogP contribution in [0.1, 0.15) is 18.4 Å². The first kappa shape index (κ1) is 11.2. The number of rotatable bonds is 3. The van der Waals surface area contributed by atoms with Gasteiger partial charge >= 0.3 is 0 Å². The van der Waals surface area contributed by atoms with Crippen molar-refractivity contribution < 1.29 is 14.6 Å². The van der Waals surface area contributed by atoms with Gasteiger partial charge in [0.05, 0.1) is 31.8 Å². The molecule has 15 heavy (non-hydrogen) atoms. The van der Waals surface area contributed by atoms with Crippen LogP contribution in [0, 0.1) is 11.3 Å². The second-order valence-electron chi connectivity index (χ2n) is 3.11. The standard InChI is InChI=1S/C11H13NO3/c1-7(6-12)11-9(13)4-8(14-2)5-10(11)15-3/h4-5,7,13H,1-3H3. The molecule has 0 fully saturated rings. The van der Waals surface area contributed by atoms with E-state index in [0.29, 0.717) is 17.1 Å². The highest BCUT2D eigenvalue weighted by atomic mass is 16.5. The fraction of sp³-hybridized carbons (Fsp3) is 0.364. The van der Waals surface area contributed by atoms with Gasteiger partial charge in [0.2, 0.25) is 0 Å². The molecule has 1 aromatic carbocycles. The van der Waals surface area contributed by atoms with E-state index in [1.807, 2.05) is 0 Å². The van der Waals surface area contributed by atoms with Crippen molar-refractivity contribution in [3.05, 3.63) is 17.7 Å². The Morgan fingerprint density at radius 1 is 1.33 bits per heavy atom. The Kier molecular flexibility index (Phi) is 3.40. The summed E-state index contributed by atoms with van der Waals surface area (Å²) in [6.07, 6.45) is 0. The number of methoxy groups -OCH3 is 2. The van der Waals surface area contributed by atoms with Crippen molar-refractivity contribution in [2.24, 2.45) is 0 Å². The van der Waals surface area contributed by atoms with Gasteiger partial charge in [0.15, 0.2) is 0 Å². The Balaban J connectivity index is 3.32. The maximum absolute atomic E-state index is 9.72. The van der Waals surface area contributed by atoms with E-state index in [-0.39, 0.29) is 5.75 Å². The molecule has 0 saturated heterocycles. The molecule has 0 aliphatic rings. The predicted molar refractivity (Wildman–Crippen MR) is 55.2 cm³/mol. The maximum Gasteiger partial charge on any atom is 0.130 e. The molecule has 0 bridgehead atoms. The van der Waals surface area contributed by atoms with E-state index in [9.17, 15) is 5.11 Å². The van der Waals surface area contributed by atoms with Gasteiger partial charge in [-0.25, -0.2) is 0 Å². The summed E-state index contributed by atoms with van der Waals surface area (Å²) in [5.41, 5.74) is 0.487. The monoisotopic (exact) mass is 207 g/mol. The molecule has 0 heterocycles. The van der Waals surface area contributed by atoms with Gasteiger partial charge < -0.3 is 14.6 Å². The molecule has 0 radical (unpaired) electrons. The van der Waals surface area contributed by atoms with Gasteiger partial charge in [-0.1, -0.05) is 0 Å². The van der Waals surface area contributed by atoms with Crippen molar-refractivity contribution in [1.82, 2.24) is 0 Å². The highest BCUT2D eigenvalue weighted by Gasteiger charge is 2.17. The van der Waals surface area contributed by atoms with Gasteiger partial charge in [-0.05, 0) is 6.92 Å². The van der Waals surface area contributed by atoms with Crippen LogP contribution >= 0.6 is 0 Å². The molecule has 4 nitrogen and oxygen atoms in total. The molecule has 1 rings (SSSR count). The van der Waals surface area contributed by atoms with Gasteiger partial charge in [0.1, 0.15) is 17.2 Å². The Hall–Kier alpha value is -1.89. The van der Waals surface area contributed by atoms with Crippen molar-refractivity contribution in [2.45, 2.75) is 12.8 Å². The Morgan fingerprint density at radius 3 is 2.47 bits per heavy atom. The molecule has 1 unspecified atom stereocenters. The van der Waals surface area contributed by atoms with Crippen LogP contribution < -0.4 is 9.47 Å². The summed E-state index contributed by atoms with van der Waals surface area (Å²) < 4.78 is 10.1. The zero-order valence-electron chi connectivity index (χ0n) is 8.94. The lowest BCUT2D eigenvalue weighted by Gasteiger charge is -2.13. The minimum Gasteiger partial charge on any atom is -0.507 e. The molecule has 0 spiro atoms. The molecular formula is C11H13NO3. The smallest absolute Gasteiger partial charge is 0.130 e. The third-order valence-electron chi connectivity index (χ3n) is 2.18. The van der Waals surface area contributed by atoms with E-state index in [2.05, 4.69) is 6.07 Å². The van der Waals surface area contributed by atoms with Crippen LogP contribution in [0.5, 0.6) is 17.2 Å². The second kappa shape index (κ2) is 4.56. The van der Waals surface area contributed by atoms with Crippen LogP contribution in [-0.2, 0) is 0 Å². The van der Waals surface area contributed by atoms with Crippen LogP contribution in [0.15, 0.2) is 12.1 Å².